The predicted octanol–water partition coefficient (Wildman–Crippen LogP) is 2.85. The molecule has 1 N–H and O–H groups in total. The molecule has 1 amide bonds. The molecule has 1 fully saturated rings. The van der Waals surface area contributed by atoms with Crippen molar-refractivity contribution in [3.05, 3.63) is 83.1 Å². The highest BCUT2D eigenvalue weighted by Gasteiger charge is 2.23. The van der Waals surface area contributed by atoms with Gasteiger partial charge in [-0.15, -0.1) is 0 Å². The smallest absolute Gasteiger partial charge is 0.255 e. The van der Waals surface area contributed by atoms with Crippen LogP contribution in [0.15, 0.2) is 66.9 Å². The fraction of sp³-hybridized carbons (Fsp3) is 0.304. The van der Waals surface area contributed by atoms with Crippen LogP contribution in [0.5, 0.6) is 0 Å². The van der Waals surface area contributed by atoms with Gasteiger partial charge in [-0.1, -0.05) is 41.9 Å². The van der Waals surface area contributed by atoms with Gasteiger partial charge >= 0.3 is 0 Å². The molecule has 2 heterocycles. The Labute approximate surface area is 176 Å². The zero-order valence-corrected chi connectivity index (χ0v) is 17.2. The lowest BCUT2D eigenvalue weighted by Gasteiger charge is -2.25. The normalized spacial score (nSPS) is 14.2. The number of aromatic nitrogens is 2. The van der Waals surface area contributed by atoms with Crippen LogP contribution in [-0.4, -0.2) is 46.8 Å². The molecule has 2 aromatic carbocycles. The summed E-state index contributed by atoms with van der Waals surface area (Å²) in [5.41, 5.74) is 2.52. The van der Waals surface area contributed by atoms with Crippen molar-refractivity contribution in [1.29, 1.82) is 0 Å². The number of nitrogens with one attached hydrogen (secondary N) is 1. The summed E-state index contributed by atoms with van der Waals surface area (Å²) in [6.45, 7) is 4.52. The number of amides is 1. The number of nitrogens with zero attached hydrogens (tertiary/aromatic N) is 3. The Bertz CT molecular complexity index is 950. The maximum Gasteiger partial charge on any atom is 0.255 e. The zero-order valence-electron chi connectivity index (χ0n) is 16.4. The van der Waals surface area contributed by atoms with E-state index in [0.717, 1.165) is 17.9 Å². The molecule has 4 rings (SSSR count). The van der Waals surface area contributed by atoms with Crippen molar-refractivity contribution < 1.29 is 9.69 Å². The monoisotopic (exact) mass is 409 g/mol. The third-order valence-electron chi connectivity index (χ3n) is 5.51. The van der Waals surface area contributed by atoms with E-state index in [4.69, 9.17) is 11.6 Å². The number of halogens is 1. The molecule has 6 heteroatoms. The van der Waals surface area contributed by atoms with Gasteiger partial charge in [0.15, 0.2) is 0 Å². The SMILES string of the molecule is O=C(c1ccccc1Cl)N(CC[NH+]1CCCC1)Cc1ccnn1-c1ccccc1. The van der Waals surface area contributed by atoms with Crippen LogP contribution in [-0.2, 0) is 6.54 Å². The Morgan fingerprint density at radius 3 is 2.52 bits per heavy atom. The zero-order chi connectivity index (χ0) is 20.1. The van der Waals surface area contributed by atoms with E-state index in [1.807, 2.05) is 58.1 Å². The first-order valence-electron chi connectivity index (χ1n) is 10.2. The molecule has 1 saturated heterocycles. The first kappa shape index (κ1) is 19.7. The van der Waals surface area contributed by atoms with Gasteiger partial charge in [-0.2, -0.15) is 5.10 Å². The minimum absolute atomic E-state index is 0.0324. The maximum atomic E-state index is 13.3. The van der Waals surface area contributed by atoms with Crippen LogP contribution < -0.4 is 4.90 Å². The highest BCUT2D eigenvalue weighted by Crippen LogP contribution is 2.19. The molecule has 29 heavy (non-hydrogen) atoms. The molecule has 0 spiro atoms. The summed E-state index contributed by atoms with van der Waals surface area (Å²) in [4.78, 5) is 16.8. The minimum atomic E-state index is -0.0324. The summed E-state index contributed by atoms with van der Waals surface area (Å²) in [5.74, 6) is -0.0324. The van der Waals surface area contributed by atoms with Crippen LogP contribution >= 0.6 is 11.6 Å². The molecule has 1 aliphatic heterocycles. The molecular weight excluding hydrogens is 384 g/mol. The van der Waals surface area contributed by atoms with Gasteiger partial charge in [0.05, 0.1) is 54.7 Å². The number of hydrogen-bond acceptors (Lipinski definition) is 2. The van der Waals surface area contributed by atoms with Crippen molar-refractivity contribution in [2.45, 2.75) is 19.4 Å². The standard InChI is InChI=1S/C23H25ClN4O/c24-22-11-5-4-10-21(22)23(29)27(17-16-26-14-6-7-15-26)18-20-12-13-25-28(20)19-8-2-1-3-9-19/h1-5,8-13H,6-7,14-18H2/p+1. The first-order valence-corrected chi connectivity index (χ1v) is 10.6. The number of likely N-dealkylation sites (tertiary alicyclic amines) is 1. The van der Waals surface area contributed by atoms with Gasteiger partial charge in [-0.05, 0) is 30.3 Å². The topological polar surface area (TPSA) is 42.6 Å². The Balaban J connectivity index is 1.58. The van der Waals surface area contributed by atoms with E-state index < -0.39 is 0 Å². The van der Waals surface area contributed by atoms with Gasteiger partial charge in [0, 0.05) is 19.0 Å². The third-order valence-corrected chi connectivity index (χ3v) is 5.84. The largest absolute Gasteiger partial charge is 0.333 e. The number of carbonyl (C=O) groups excluding carboxylic acids is 1. The molecule has 1 aliphatic rings. The molecule has 0 atom stereocenters. The van der Waals surface area contributed by atoms with Crippen LogP contribution in [0.3, 0.4) is 0 Å². The Morgan fingerprint density at radius 1 is 1.03 bits per heavy atom. The number of rotatable bonds is 7. The number of para-hydroxylation sites is 1. The Morgan fingerprint density at radius 2 is 1.76 bits per heavy atom. The molecule has 1 aromatic heterocycles. The van der Waals surface area contributed by atoms with Gasteiger partial charge < -0.3 is 9.80 Å². The highest BCUT2D eigenvalue weighted by molar-refractivity contribution is 6.33. The van der Waals surface area contributed by atoms with Gasteiger partial charge in [0.1, 0.15) is 0 Å². The maximum absolute atomic E-state index is 13.3. The number of quaternary nitrogens is 1. The Kier molecular flexibility index (Phi) is 6.27. The third kappa shape index (κ3) is 4.69. The van der Waals surface area contributed by atoms with Crippen molar-refractivity contribution in [1.82, 2.24) is 14.7 Å². The lowest BCUT2D eigenvalue weighted by atomic mass is 10.2. The molecule has 0 aliphatic carbocycles. The lowest BCUT2D eigenvalue weighted by Crippen LogP contribution is -3.10. The summed E-state index contributed by atoms with van der Waals surface area (Å²) >= 11 is 6.33. The fourth-order valence-corrected chi connectivity index (χ4v) is 4.14. The van der Waals surface area contributed by atoms with E-state index in [-0.39, 0.29) is 5.91 Å². The van der Waals surface area contributed by atoms with E-state index in [2.05, 4.69) is 5.10 Å². The van der Waals surface area contributed by atoms with Crippen LogP contribution in [0, 0.1) is 0 Å². The molecular formula is C23H26ClN4O+. The molecule has 0 radical (unpaired) electrons. The average molecular weight is 410 g/mol. The van der Waals surface area contributed by atoms with E-state index in [1.165, 1.54) is 25.9 Å². The molecule has 150 valence electrons. The van der Waals surface area contributed by atoms with E-state index >= 15 is 0 Å². The second-order valence-electron chi connectivity index (χ2n) is 7.48. The van der Waals surface area contributed by atoms with Gasteiger partial charge in [0.25, 0.3) is 5.91 Å². The van der Waals surface area contributed by atoms with E-state index in [9.17, 15) is 4.79 Å². The number of carbonyl (C=O) groups is 1. The van der Waals surface area contributed by atoms with Crippen LogP contribution in [0.25, 0.3) is 5.69 Å². The predicted molar refractivity (Wildman–Crippen MR) is 115 cm³/mol. The van der Waals surface area contributed by atoms with Crippen molar-refractivity contribution in [2.24, 2.45) is 0 Å². The van der Waals surface area contributed by atoms with Crippen molar-refractivity contribution in [3.63, 3.8) is 0 Å². The summed E-state index contributed by atoms with van der Waals surface area (Å²) in [7, 11) is 0. The highest BCUT2D eigenvalue weighted by atomic mass is 35.5. The molecule has 5 nitrogen and oxygen atoms in total. The molecule has 3 aromatic rings. The summed E-state index contributed by atoms with van der Waals surface area (Å²) in [6.07, 6.45) is 4.33. The quantitative estimate of drug-likeness (QED) is 0.652. The molecule has 0 unspecified atom stereocenters. The first-order chi connectivity index (χ1) is 14.2. The molecule has 0 saturated carbocycles. The van der Waals surface area contributed by atoms with Gasteiger partial charge in [-0.25, -0.2) is 4.68 Å². The van der Waals surface area contributed by atoms with Crippen LogP contribution in [0.4, 0.5) is 0 Å². The average Bonchev–Trinajstić information content (AvgIpc) is 3.43. The van der Waals surface area contributed by atoms with Crippen LogP contribution in [0.2, 0.25) is 5.02 Å². The second kappa shape index (κ2) is 9.25. The van der Waals surface area contributed by atoms with Crippen molar-refractivity contribution in [3.8, 4) is 5.69 Å². The van der Waals surface area contributed by atoms with E-state index in [1.54, 1.807) is 23.2 Å². The summed E-state index contributed by atoms with van der Waals surface area (Å²) in [6, 6.07) is 19.3. The summed E-state index contributed by atoms with van der Waals surface area (Å²) < 4.78 is 1.90. The van der Waals surface area contributed by atoms with Crippen LogP contribution in [0.1, 0.15) is 28.9 Å². The van der Waals surface area contributed by atoms with E-state index in [0.29, 0.717) is 23.7 Å². The lowest BCUT2D eigenvalue weighted by molar-refractivity contribution is -0.886. The minimum Gasteiger partial charge on any atom is -0.333 e. The summed E-state index contributed by atoms with van der Waals surface area (Å²) in [5, 5.41) is 4.97. The van der Waals surface area contributed by atoms with Gasteiger partial charge in [0.2, 0.25) is 0 Å². The van der Waals surface area contributed by atoms with Crippen molar-refractivity contribution >= 4 is 17.5 Å². The molecule has 0 bridgehead atoms. The van der Waals surface area contributed by atoms with Gasteiger partial charge in [-0.3, -0.25) is 4.79 Å². The van der Waals surface area contributed by atoms with Crippen molar-refractivity contribution in [2.75, 3.05) is 26.2 Å². The Hall–Kier alpha value is -2.63. The fourth-order valence-electron chi connectivity index (χ4n) is 3.92. The number of hydrogen-bond donors (Lipinski definition) is 1. The second-order valence-corrected chi connectivity index (χ2v) is 7.89. The number of benzene rings is 2.